The van der Waals surface area contributed by atoms with Gasteiger partial charge in [-0.2, -0.15) is 5.26 Å². The van der Waals surface area contributed by atoms with Gasteiger partial charge in [-0.25, -0.2) is 0 Å². The lowest BCUT2D eigenvalue weighted by molar-refractivity contribution is 0.201. The van der Waals surface area contributed by atoms with Gasteiger partial charge < -0.3 is 5.32 Å². The Morgan fingerprint density at radius 2 is 2.13 bits per heavy atom. The van der Waals surface area contributed by atoms with Gasteiger partial charge in [0.25, 0.3) is 0 Å². The van der Waals surface area contributed by atoms with Crippen molar-refractivity contribution in [1.29, 1.82) is 5.26 Å². The molecule has 0 aromatic carbocycles. The zero-order valence-electron chi connectivity index (χ0n) is 10.2. The molecule has 1 N–H and O–H groups in total. The highest BCUT2D eigenvalue weighted by Crippen LogP contribution is 2.30. The average Bonchev–Trinajstić information content (AvgIpc) is 2.99. The molecule has 1 fully saturated rings. The summed E-state index contributed by atoms with van der Waals surface area (Å²) in [6.07, 6.45) is 2.75. The number of nitrogens with zero attached hydrogens (tertiary/aromatic N) is 2. The first-order valence-electron chi connectivity index (χ1n) is 6.04. The molecule has 1 aliphatic carbocycles. The van der Waals surface area contributed by atoms with E-state index in [1.54, 1.807) is 0 Å². The summed E-state index contributed by atoms with van der Waals surface area (Å²) >= 11 is 0. The number of nitrogens with one attached hydrogen (secondary N) is 1. The molecular formula is C12H23N3. The fraction of sp³-hybridized carbons (Fsp3) is 0.917. The Balaban J connectivity index is 2.37. The van der Waals surface area contributed by atoms with E-state index < -0.39 is 0 Å². The first-order chi connectivity index (χ1) is 7.17. The lowest BCUT2D eigenvalue weighted by Gasteiger charge is -2.28. The standard InChI is InChI=1S/C12H23N3/c1-4-14-12(7-13)9-15(10(2)3)8-11-5-6-11/h10-12,14H,4-6,8-9H2,1-3H3. The van der Waals surface area contributed by atoms with Gasteiger partial charge in [0, 0.05) is 19.1 Å². The monoisotopic (exact) mass is 209 g/mol. The molecule has 0 amide bonds. The fourth-order valence-electron chi connectivity index (χ4n) is 1.76. The number of nitriles is 1. The molecule has 0 aromatic rings. The van der Waals surface area contributed by atoms with Crippen LogP contribution < -0.4 is 5.32 Å². The Kier molecular flexibility index (Phi) is 5.07. The summed E-state index contributed by atoms with van der Waals surface area (Å²) in [7, 11) is 0. The minimum Gasteiger partial charge on any atom is -0.301 e. The Hall–Kier alpha value is -0.590. The Morgan fingerprint density at radius 1 is 1.47 bits per heavy atom. The maximum Gasteiger partial charge on any atom is 0.108 e. The SMILES string of the molecule is CCNC(C#N)CN(CC1CC1)C(C)C. The van der Waals surface area contributed by atoms with Crippen molar-refractivity contribution in [2.75, 3.05) is 19.6 Å². The number of hydrogen-bond acceptors (Lipinski definition) is 3. The van der Waals surface area contributed by atoms with Crippen LogP contribution in [0.5, 0.6) is 0 Å². The zero-order valence-corrected chi connectivity index (χ0v) is 10.2. The topological polar surface area (TPSA) is 39.1 Å². The van der Waals surface area contributed by atoms with Gasteiger partial charge in [0.15, 0.2) is 0 Å². The quantitative estimate of drug-likeness (QED) is 0.692. The van der Waals surface area contributed by atoms with E-state index in [-0.39, 0.29) is 6.04 Å². The third-order valence-electron chi connectivity index (χ3n) is 2.94. The van der Waals surface area contributed by atoms with Gasteiger partial charge in [-0.15, -0.1) is 0 Å². The first kappa shape index (κ1) is 12.5. The average molecular weight is 209 g/mol. The van der Waals surface area contributed by atoms with Crippen LogP contribution in [-0.2, 0) is 0 Å². The van der Waals surface area contributed by atoms with E-state index in [1.165, 1.54) is 19.4 Å². The largest absolute Gasteiger partial charge is 0.301 e. The molecule has 1 aliphatic rings. The summed E-state index contributed by atoms with van der Waals surface area (Å²) in [4.78, 5) is 2.42. The van der Waals surface area contributed by atoms with Gasteiger partial charge in [0.2, 0.25) is 0 Å². The van der Waals surface area contributed by atoms with E-state index in [4.69, 9.17) is 5.26 Å². The number of rotatable bonds is 7. The molecule has 0 saturated heterocycles. The van der Waals surface area contributed by atoms with Gasteiger partial charge >= 0.3 is 0 Å². The summed E-state index contributed by atoms with van der Waals surface area (Å²) in [5.74, 6) is 0.897. The highest BCUT2D eigenvalue weighted by molar-refractivity contribution is 4.93. The van der Waals surface area contributed by atoms with Gasteiger partial charge in [0.05, 0.1) is 6.07 Å². The predicted molar refractivity (Wildman–Crippen MR) is 62.5 cm³/mol. The Bertz CT molecular complexity index is 215. The van der Waals surface area contributed by atoms with Gasteiger partial charge in [-0.05, 0) is 39.2 Å². The molecule has 0 bridgehead atoms. The molecule has 0 aliphatic heterocycles. The van der Waals surface area contributed by atoms with Crippen LogP contribution in [0.15, 0.2) is 0 Å². The molecule has 3 heteroatoms. The maximum absolute atomic E-state index is 9.00. The van der Waals surface area contributed by atoms with Crippen LogP contribution in [0.2, 0.25) is 0 Å². The fourth-order valence-corrected chi connectivity index (χ4v) is 1.76. The summed E-state index contributed by atoms with van der Waals surface area (Å²) < 4.78 is 0. The van der Waals surface area contributed by atoms with Crippen molar-refractivity contribution in [2.24, 2.45) is 5.92 Å². The normalized spacial score (nSPS) is 18.1. The van der Waals surface area contributed by atoms with E-state index in [2.05, 4.69) is 30.1 Å². The van der Waals surface area contributed by atoms with Crippen molar-refractivity contribution in [3.05, 3.63) is 0 Å². The lowest BCUT2D eigenvalue weighted by Crippen LogP contribution is -2.44. The molecule has 0 spiro atoms. The van der Waals surface area contributed by atoms with Crippen molar-refractivity contribution >= 4 is 0 Å². The minimum absolute atomic E-state index is 0.0175. The predicted octanol–water partition coefficient (Wildman–Crippen LogP) is 1.61. The first-order valence-corrected chi connectivity index (χ1v) is 6.04. The van der Waals surface area contributed by atoms with E-state index in [9.17, 15) is 0 Å². The maximum atomic E-state index is 9.00. The van der Waals surface area contributed by atoms with Crippen LogP contribution in [0.3, 0.4) is 0 Å². The molecule has 0 radical (unpaired) electrons. The van der Waals surface area contributed by atoms with E-state index in [0.29, 0.717) is 6.04 Å². The zero-order chi connectivity index (χ0) is 11.3. The summed E-state index contributed by atoms with van der Waals surface area (Å²) in [6, 6.07) is 2.85. The highest BCUT2D eigenvalue weighted by Gasteiger charge is 2.26. The summed E-state index contributed by atoms with van der Waals surface area (Å²) in [6.45, 7) is 9.36. The van der Waals surface area contributed by atoms with Crippen LogP contribution in [0.1, 0.15) is 33.6 Å². The van der Waals surface area contributed by atoms with E-state index in [0.717, 1.165) is 19.0 Å². The third kappa shape index (κ3) is 4.63. The second-order valence-corrected chi connectivity index (χ2v) is 4.73. The Labute approximate surface area is 93.5 Å². The number of hydrogen-bond donors (Lipinski definition) is 1. The lowest BCUT2D eigenvalue weighted by atomic mass is 10.2. The smallest absolute Gasteiger partial charge is 0.108 e. The van der Waals surface area contributed by atoms with E-state index in [1.807, 2.05) is 6.92 Å². The van der Waals surface area contributed by atoms with Crippen LogP contribution in [0.4, 0.5) is 0 Å². The van der Waals surface area contributed by atoms with Crippen molar-refractivity contribution in [2.45, 2.75) is 45.7 Å². The van der Waals surface area contributed by atoms with Gasteiger partial charge in [-0.1, -0.05) is 6.92 Å². The summed E-state index contributed by atoms with van der Waals surface area (Å²) in [5, 5.41) is 12.2. The van der Waals surface area contributed by atoms with Crippen LogP contribution in [-0.4, -0.2) is 36.6 Å². The molecule has 1 unspecified atom stereocenters. The molecule has 15 heavy (non-hydrogen) atoms. The van der Waals surface area contributed by atoms with Crippen molar-refractivity contribution in [3.63, 3.8) is 0 Å². The molecule has 1 atom stereocenters. The van der Waals surface area contributed by atoms with Crippen molar-refractivity contribution in [1.82, 2.24) is 10.2 Å². The van der Waals surface area contributed by atoms with Gasteiger partial charge in [0.1, 0.15) is 6.04 Å². The molecule has 0 heterocycles. The molecular weight excluding hydrogens is 186 g/mol. The molecule has 0 aromatic heterocycles. The molecule has 1 rings (SSSR count). The minimum atomic E-state index is -0.0175. The van der Waals surface area contributed by atoms with Crippen LogP contribution in [0, 0.1) is 17.2 Å². The molecule has 3 nitrogen and oxygen atoms in total. The van der Waals surface area contributed by atoms with Crippen LogP contribution in [0.25, 0.3) is 0 Å². The molecule has 86 valence electrons. The summed E-state index contributed by atoms with van der Waals surface area (Å²) in [5.41, 5.74) is 0. The van der Waals surface area contributed by atoms with Crippen molar-refractivity contribution < 1.29 is 0 Å². The highest BCUT2D eigenvalue weighted by atomic mass is 15.2. The third-order valence-corrected chi connectivity index (χ3v) is 2.94. The van der Waals surface area contributed by atoms with Gasteiger partial charge in [-0.3, -0.25) is 4.90 Å². The number of likely N-dealkylation sites (N-methyl/N-ethyl adjacent to an activating group) is 1. The Morgan fingerprint density at radius 3 is 2.53 bits per heavy atom. The second kappa shape index (κ2) is 6.09. The van der Waals surface area contributed by atoms with Crippen molar-refractivity contribution in [3.8, 4) is 6.07 Å². The molecule has 1 saturated carbocycles. The van der Waals surface area contributed by atoms with Crippen LogP contribution >= 0.6 is 0 Å². The second-order valence-electron chi connectivity index (χ2n) is 4.73. The van der Waals surface area contributed by atoms with E-state index >= 15 is 0 Å².